The first kappa shape index (κ1) is 15.6. The summed E-state index contributed by atoms with van der Waals surface area (Å²) >= 11 is 0. The zero-order valence-corrected chi connectivity index (χ0v) is 10.6. The molecule has 0 saturated heterocycles. The molecule has 2 aliphatic carbocycles. The number of hydrogen-bond donors (Lipinski definition) is 0. The monoisotopic (exact) mass is 304 g/mol. The first-order chi connectivity index (χ1) is 8.96. The van der Waals surface area contributed by atoms with Gasteiger partial charge in [0, 0.05) is 6.42 Å². The lowest BCUT2D eigenvalue weighted by molar-refractivity contribution is -0.207. The molecule has 2 aliphatic rings. The van der Waals surface area contributed by atoms with Crippen molar-refractivity contribution in [3.05, 3.63) is 12.2 Å². The lowest BCUT2D eigenvalue weighted by atomic mass is 9.86. The van der Waals surface area contributed by atoms with Crippen LogP contribution < -0.4 is 0 Å². The van der Waals surface area contributed by atoms with Crippen LogP contribution in [0.15, 0.2) is 12.2 Å². The standard InChI is InChI=1S/C13H15F7/c14-11(15,6-12(16,17)7-13(18,19)20)5-10-4-8-1-2-9(10)3-8/h1-2,8-10H,3-7H2. The molecule has 0 radical (unpaired) electrons. The van der Waals surface area contributed by atoms with Gasteiger partial charge in [-0.2, -0.15) is 13.2 Å². The highest BCUT2D eigenvalue weighted by Crippen LogP contribution is 2.49. The topological polar surface area (TPSA) is 0 Å². The predicted molar refractivity (Wildman–Crippen MR) is 58.6 cm³/mol. The molecule has 0 nitrogen and oxygen atoms in total. The smallest absolute Gasteiger partial charge is 0.207 e. The van der Waals surface area contributed by atoms with E-state index in [4.69, 9.17) is 0 Å². The van der Waals surface area contributed by atoms with Crippen LogP contribution in [0, 0.1) is 17.8 Å². The van der Waals surface area contributed by atoms with Crippen LogP contribution in [0.1, 0.15) is 32.1 Å². The molecule has 1 saturated carbocycles. The van der Waals surface area contributed by atoms with E-state index in [1.807, 2.05) is 12.2 Å². The predicted octanol–water partition coefficient (Wildman–Crippen LogP) is 5.20. The highest BCUT2D eigenvalue weighted by atomic mass is 19.4. The third-order valence-corrected chi connectivity index (χ3v) is 3.95. The van der Waals surface area contributed by atoms with E-state index < -0.39 is 43.2 Å². The van der Waals surface area contributed by atoms with Gasteiger partial charge >= 0.3 is 6.18 Å². The molecule has 7 heteroatoms. The van der Waals surface area contributed by atoms with Crippen molar-refractivity contribution < 1.29 is 30.7 Å². The molecule has 0 aromatic heterocycles. The van der Waals surface area contributed by atoms with Gasteiger partial charge in [-0.3, -0.25) is 0 Å². The Hall–Kier alpha value is -0.750. The van der Waals surface area contributed by atoms with Crippen LogP contribution in [-0.2, 0) is 0 Å². The summed E-state index contributed by atoms with van der Waals surface area (Å²) in [5, 5.41) is 0. The molecule has 0 heterocycles. The molecule has 116 valence electrons. The maximum absolute atomic E-state index is 13.6. The molecule has 0 aromatic rings. The molecular weight excluding hydrogens is 289 g/mol. The molecule has 0 N–H and O–H groups in total. The van der Waals surface area contributed by atoms with Crippen molar-refractivity contribution in [3.63, 3.8) is 0 Å². The van der Waals surface area contributed by atoms with Crippen LogP contribution in [0.4, 0.5) is 30.7 Å². The van der Waals surface area contributed by atoms with Crippen molar-refractivity contribution in [1.29, 1.82) is 0 Å². The van der Waals surface area contributed by atoms with Crippen LogP contribution in [-0.4, -0.2) is 18.0 Å². The molecule has 2 rings (SSSR count). The fraction of sp³-hybridized carbons (Fsp3) is 0.846. The minimum atomic E-state index is -5.14. The lowest BCUT2D eigenvalue weighted by Crippen LogP contribution is -2.35. The normalized spacial score (nSPS) is 30.2. The summed E-state index contributed by atoms with van der Waals surface area (Å²) in [5.41, 5.74) is 0. The average Bonchev–Trinajstić information content (AvgIpc) is 2.70. The van der Waals surface area contributed by atoms with Gasteiger partial charge < -0.3 is 0 Å². The summed E-state index contributed by atoms with van der Waals surface area (Å²) in [6, 6.07) is 0. The largest absolute Gasteiger partial charge is 0.394 e. The molecule has 20 heavy (non-hydrogen) atoms. The van der Waals surface area contributed by atoms with Crippen LogP contribution in [0.3, 0.4) is 0 Å². The molecule has 0 amide bonds. The Morgan fingerprint density at radius 2 is 1.45 bits per heavy atom. The molecule has 2 bridgehead atoms. The van der Waals surface area contributed by atoms with Crippen molar-refractivity contribution in [3.8, 4) is 0 Å². The maximum atomic E-state index is 13.6. The lowest BCUT2D eigenvalue weighted by Gasteiger charge is -2.28. The average molecular weight is 304 g/mol. The van der Waals surface area contributed by atoms with Gasteiger partial charge in [-0.15, -0.1) is 0 Å². The van der Waals surface area contributed by atoms with Crippen LogP contribution in [0.2, 0.25) is 0 Å². The molecule has 0 aliphatic heterocycles. The minimum absolute atomic E-state index is 0.0397. The second kappa shape index (κ2) is 4.91. The number of hydrogen-bond acceptors (Lipinski definition) is 0. The maximum Gasteiger partial charge on any atom is 0.394 e. The van der Waals surface area contributed by atoms with Gasteiger partial charge in [0.05, 0.1) is 6.42 Å². The third-order valence-electron chi connectivity index (χ3n) is 3.95. The van der Waals surface area contributed by atoms with Gasteiger partial charge in [-0.05, 0) is 30.6 Å². The van der Waals surface area contributed by atoms with E-state index in [-0.39, 0.29) is 11.8 Å². The Morgan fingerprint density at radius 3 is 1.90 bits per heavy atom. The van der Waals surface area contributed by atoms with E-state index in [1.165, 1.54) is 0 Å². The summed E-state index contributed by atoms with van der Waals surface area (Å²) in [6.07, 6.45) is -5.42. The van der Waals surface area contributed by atoms with Gasteiger partial charge in [0.25, 0.3) is 11.8 Å². The Bertz CT molecular complexity index is 383. The summed E-state index contributed by atoms with van der Waals surface area (Å²) < 4.78 is 89.1. The van der Waals surface area contributed by atoms with E-state index in [1.54, 1.807) is 0 Å². The summed E-state index contributed by atoms with van der Waals surface area (Å²) in [7, 11) is 0. The van der Waals surface area contributed by atoms with E-state index in [9.17, 15) is 30.7 Å². The van der Waals surface area contributed by atoms with Gasteiger partial charge in [-0.1, -0.05) is 12.2 Å². The van der Waals surface area contributed by atoms with Crippen LogP contribution >= 0.6 is 0 Å². The minimum Gasteiger partial charge on any atom is -0.207 e. The van der Waals surface area contributed by atoms with E-state index in [2.05, 4.69) is 0 Å². The number of rotatable bonds is 5. The first-order valence-electron chi connectivity index (χ1n) is 6.47. The van der Waals surface area contributed by atoms with Crippen molar-refractivity contribution >= 4 is 0 Å². The molecule has 3 unspecified atom stereocenters. The number of fused-ring (bicyclic) bond motifs is 2. The fourth-order valence-electron chi connectivity index (χ4n) is 3.32. The van der Waals surface area contributed by atoms with Gasteiger partial charge in [-0.25, -0.2) is 17.6 Å². The molecule has 0 spiro atoms. The van der Waals surface area contributed by atoms with Gasteiger partial charge in [0.15, 0.2) is 0 Å². The van der Waals surface area contributed by atoms with Gasteiger partial charge in [0.2, 0.25) is 0 Å². The Labute approximate surface area is 112 Å². The SMILES string of the molecule is FC(F)(F)CC(F)(F)CC(F)(F)CC1CC2C=CC1C2. The highest BCUT2D eigenvalue weighted by Gasteiger charge is 2.51. The summed E-state index contributed by atoms with van der Waals surface area (Å²) in [6.45, 7) is 0. The van der Waals surface area contributed by atoms with Crippen molar-refractivity contribution in [2.75, 3.05) is 0 Å². The zero-order valence-electron chi connectivity index (χ0n) is 10.6. The van der Waals surface area contributed by atoms with E-state index in [0.717, 1.165) is 6.42 Å². The van der Waals surface area contributed by atoms with Crippen molar-refractivity contribution in [2.24, 2.45) is 17.8 Å². The van der Waals surface area contributed by atoms with Crippen LogP contribution in [0.25, 0.3) is 0 Å². The summed E-state index contributed by atoms with van der Waals surface area (Å²) in [5.74, 6) is -8.41. The van der Waals surface area contributed by atoms with Crippen molar-refractivity contribution in [2.45, 2.75) is 50.1 Å². The highest BCUT2D eigenvalue weighted by molar-refractivity contribution is 5.10. The number of alkyl halides is 7. The second-order valence-electron chi connectivity index (χ2n) is 5.93. The van der Waals surface area contributed by atoms with Crippen LogP contribution in [0.5, 0.6) is 0 Å². The third kappa shape index (κ3) is 4.12. The quantitative estimate of drug-likeness (QED) is 0.483. The Balaban J connectivity index is 1.91. The molecule has 0 aromatic carbocycles. The number of allylic oxidation sites excluding steroid dienone is 2. The summed E-state index contributed by atoms with van der Waals surface area (Å²) in [4.78, 5) is 0. The fourth-order valence-corrected chi connectivity index (χ4v) is 3.32. The van der Waals surface area contributed by atoms with Gasteiger partial charge in [0.1, 0.15) is 6.42 Å². The molecular formula is C13H15F7. The van der Waals surface area contributed by atoms with E-state index in [0.29, 0.717) is 6.42 Å². The van der Waals surface area contributed by atoms with Crippen molar-refractivity contribution in [1.82, 2.24) is 0 Å². The first-order valence-corrected chi connectivity index (χ1v) is 6.47. The number of halogens is 7. The zero-order chi connectivity index (χ0) is 15.2. The Kier molecular flexibility index (Phi) is 3.84. The molecule has 1 fully saturated rings. The Morgan fingerprint density at radius 1 is 0.800 bits per heavy atom. The second-order valence-corrected chi connectivity index (χ2v) is 5.93. The van der Waals surface area contributed by atoms with E-state index >= 15 is 0 Å². The molecule has 3 atom stereocenters.